The molecule has 0 saturated carbocycles. The zero-order valence-corrected chi connectivity index (χ0v) is 14.7. The third kappa shape index (κ3) is 3.08. The molecule has 1 aliphatic heterocycles. The number of halogens is 2. The zero-order valence-electron chi connectivity index (χ0n) is 13.9. The molecule has 26 heavy (non-hydrogen) atoms. The summed E-state index contributed by atoms with van der Waals surface area (Å²) in [4.78, 5) is 18.4. The average Bonchev–Trinajstić information content (AvgIpc) is 3.24. The van der Waals surface area contributed by atoms with Gasteiger partial charge in [-0.15, -0.1) is 0 Å². The fourth-order valence-electron chi connectivity index (χ4n) is 3.13. The number of nitrogens with zero attached hydrogens (tertiary/aromatic N) is 3. The molecule has 1 fully saturated rings. The van der Waals surface area contributed by atoms with E-state index >= 15 is 0 Å². The SMILES string of the molecule is Cc1ccc(F)cc1N1CC(c2noc(-c3cccc(Cl)c3)n2)CC1=O. The van der Waals surface area contributed by atoms with Crippen LogP contribution in [0.25, 0.3) is 11.5 Å². The number of hydrogen-bond acceptors (Lipinski definition) is 4. The van der Waals surface area contributed by atoms with E-state index in [-0.39, 0.29) is 24.1 Å². The number of carbonyl (C=O) groups excluding carboxylic acids is 1. The van der Waals surface area contributed by atoms with Crippen molar-refractivity contribution in [1.29, 1.82) is 0 Å². The van der Waals surface area contributed by atoms with Crippen molar-refractivity contribution in [3.05, 3.63) is 64.7 Å². The lowest BCUT2D eigenvalue weighted by molar-refractivity contribution is -0.117. The van der Waals surface area contributed by atoms with Gasteiger partial charge in [0.1, 0.15) is 5.82 Å². The molecule has 0 N–H and O–H groups in total. The lowest BCUT2D eigenvalue weighted by Crippen LogP contribution is -2.25. The molecular weight excluding hydrogens is 357 g/mol. The Bertz CT molecular complexity index is 988. The van der Waals surface area contributed by atoms with Gasteiger partial charge in [0.25, 0.3) is 5.89 Å². The van der Waals surface area contributed by atoms with E-state index in [9.17, 15) is 9.18 Å². The van der Waals surface area contributed by atoms with Crippen LogP contribution in [0.3, 0.4) is 0 Å². The van der Waals surface area contributed by atoms with Crippen LogP contribution in [0.1, 0.15) is 23.7 Å². The summed E-state index contributed by atoms with van der Waals surface area (Å²) >= 11 is 5.99. The number of hydrogen-bond donors (Lipinski definition) is 0. The predicted octanol–water partition coefficient (Wildman–Crippen LogP) is 4.36. The molecule has 2 heterocycles. The molecule has 1 saturated heterocycles. The summed E-state index contributed by atoms with van der Waals surface area (Å²) in [7, 11) is 0. The lowest BCUT2D eigenvalue weighted by atomic mass is 10.1. The summed E-state index contributed by atoms with van der Waals surface area (Å²) < 4.78 is 18.9. The Morgan fingerprint density at radius 1 is 1.27 bits per heavy atom. The fourth-order valence-corrected chi connectivity index (χ4v) is 3.32. The Hall–Kier alpha value is -2.73. The quantitative estimate of drug-likeness (QED) is 0.686. The molecule has 0 aliphatic carbocycles. The highest BCUT2D eigenvalue weighted by Gasteiger charge is 2.35. The molecule has 7 heteroatoms. The first-order valence-corrected chi connectivity index (χ1v) is 8.55. The molecule has 1 unspecified atom stereocenters. The second-order valence-electron chi connectivity index (χ2n) is 6.30. The first-order valence-electron chi connectivity index (χ1n) is 8.17. The van der Waals surface area contributed by atoms with Crippen molar-refractivity contribution < 1.29 is 13.7 Å². The maximum atomic E-state index is 13.6. The van der Waals surface area contributed by atoms with Crippen molar-refractivity contribution >= 4 is 23.2 Å². The maximum Gasteiger partial charge on any atom is 0.257 e. The minimum absolute atomic E-state index is 0.0854. The Kier molecular flexibility index (Phi) is 4.20. The van der Waals surface area contributed by atoms with Gasteiger partial charge in [-0.2, -0.15) is 4.98 Å². The van der Waals surface area contributed by atoms with Gasteiger partial charge in [-0.05, 0) is 42.8 Å². The highest BCUT2D eigenvalue weighted by Crippen LogP contribution is 2.33. The standard InChI is InChI=1S/C19H15ClFN3O2/c1-11-5-6-15(21)9-16(11)24-10-13(8-17(24)25)18-22-19(26-23-18)12-3-2-4-14(20)7-12/h2-7,9,13H,8,10H2,1H3. The van der Waals surface area contributed by atoms with Crippen molar-refractivity contribution in [3.8, 4) is 11.5 Å². The van der Waals surface area contributed by atoms with Gasteiger partial charge < -0.3 is 9.42 Å². The topological polar surface area (TPSA) is 59.2 Å². The Labute approximate surface area is 154 Å². The summed E-state index contributed by atoms with van der Waals surface area (Å²) in [5.74, 6) is 0.157. The summed E-state index contributed by atoms with van der Waals surface area (Å²) in [6, 6.07) is 11.5. The zero-order chi connectivity index (χ0) is 18.3. The lowest BCUT2D eigenvalue weighted by Gasteiger charge is -2.18. The van der Waals surface area contributed by atoms with Gasteiger partial charge in [0.05, 0.1) is 0 Å². The largest absolute Gasteiger partial charge is 0.334 e. The molecule has 0 spiro atoms. The number of carbonyl (C=O) groups is 1. The molecule has 1 aliphatic rings. The van der Waals surface area contributed by atoms with E-state index in [1.54, 1.807) is 29.2 Å². The second kappa shape index (κ2) is 6.53. The van der Waals surface area contributed by atoms with Crippen LogP contribution in [0.15, 0.2) is 47.0 Å². The molecule has 1 aromatic heterocycles. The van der Waals surface area contributed by atoms with Gasteiger partial charge >= 0.3 is 0 Å². The Morgan fingerprint density at radius 3 is 2.92 bits per heavy atom. The van der Waals surface area contributed by atoms with Crippen LogP contribution in [-0.2, 0) is 4.79 Å². The summed E-state index contributed by atoms with van der Waals surface area (Å²) in [6.45, 7) is 2.23. The number of rotatable bonds is 3. The van der Waals surface area contributed by atoms with Gasteiger partial charge in [0.2, 0.25) is 5.91 Å². The van der Waals surface area contributed by atoms with Crippen LogP contribution >= 0.6 is 11.6 Å². The summed E-state index contributed by atoms with van der Waals surface area (Å²) in [6.07, 6.45) is 0.254. The van der Waals surface area contributed by atoms with E-state index in [2.05, 4.69) is 10.1 Å². The van der Waals surface area contributed by atoms with Crippen LogP contribution in [0, 0.1) is 12.7 Å². The smallest absolute Gasteiger partial charge is 0.257 e. The minimum Gasteiger partial charge on any atom is -0.334 e. The van der Waals surface area contributed by atoms with E-state index in [1.165, 1.54) is 12.1 Å². The van der Waals surface area contributed by atoms with Crippen molar-refractivity contribution in [1.82, 2.24) is 10.1 Å². The van der Waals surface area contributed by atoms with Crippen LogP contribution in [0.4, 0.5) is 10.1 Å². The highest BCUT2D eigenvalue weighted by atomic mass is 35.5. The van der Waals surface area contributed by atoms with Gasteiger partial charge in [0, 0.05) is 35.2 Å². The third-order valence-electron chi connectivity index (χ3n) is 4.47. The summed E-state index contributed by atoms with van der Waals surface area (Å²) in [5, 5.41) is 4.60. The number of aryl methyl sites for hydroxylation is 1. The van der Waals surface area contributed by atoms with Gasteiger partial charge in [0.15, 0.2) is 5.82 Å². The van der Waals surface area contributed by atoms with Crippen molar-refractivity contribution in [2.24, 2.45) is 0 Å². The van der Waals surface area contributed by atoms with Crippen LogP contribution in [-0.4, -0.2) is 22.6 Å². The van der Waals surface area contributed by atoms with E-state index < -0.39 is 0 Å². The monoisotopic (exact) mass is 371 g/mol. The van der Waals surface area contributed by atoms with Gasteiger partial charge in [-0.3, -0.25) is 4.79 Å². The predicted molar refractivity (Wildman–Crippen MR) is 95.6 cm³/mol. The van der Waals surface area contributed by atoms with E-state index in [1.807, 2.05) is 13.0 Å². The first-order chi connectivity index (χ1) is 12.5. The molecule has 3 aromatic rings. The van der Waals surface area contributed by atoms with Gasteiger partial charge in [-0.1, -0.05) is 28.9 Å². The van der Waals surface area contributed by atoms with Gasteiger partial charge in [-0.25, -0.2) is 4.39 Å². The number of amides is 1. The van der Waals surface area contributed by atoms with E-state index in [0.717, 1.165) is 11.1 Å². The molecule has 5 nitrogen and oxygen atoms in total. The van der Waals surface area contributed by atoms with Crippen LogP contribution in [0.5, 0.6) is 0 Å². The normalized spacial score (nSPS) is 17.1. The Balaban J connectivity index is 1.59. The fraction of sp³-hybridized carbons (Fsp3) is 0.211. The number of aromatic nitrogens is 2. The van der Waals surface area contributed by atoms with Crippen molar-refractivity contribution in [3.63, 3.8) is 0 Å². The molecule has 1 amide bonds. The molecular formula is C19H15ClFN3O2. The highest BCUT2D eigenvalue weighted by molar-refractivity contribution is 6.30. The Morgan fingerprint density at radius 2 is 2.12 bits per heavy atom. The first kappa shape index (κ1) is 16.7. The molecule has 4 rings (SSSR count). The second-order valence-corrected chi connectivity index (χ2v) is 6.74. The van der Waals surface area contributed by atoms with E-state index in [4.69, 9.17) is 16.1 Å². The van der Waals surface area contributed by atoms with Crippen LogP contribution < -0.4 is 4.90 Å². The third-order valence-corrected chi connectivity index (χ3v) is 4.70. The number of anilines is 1. The maximum absolute atomic E-state index is 13.6. The van der Waals surface area contributed by atoms with E-state index in [0.29, 0.717) is 29.0 Å². The molecule has 132 valence electrons. The summed E-state index contributed by atoms with van der Waals surface area (Å²) in [5.41, 5.74) is 2.14. The minimum atomic E-state index is -0.371. The average molecular weight is 372 g/mol. The van der Waals surface area contributed by atoms with Crippen molar-refractivity contribution in [2.45, 2.75) is 19.3 Å². The van der Waals surface area contributed by atoms with Crippen molar-refractivity contribution in [2.75, 3.05) is 11.4 Å². The molecule has 0 bridgehead atoms. The molecule has 2 aromatic carbocycles. The molecule has 0 radical (unpaired) electrons. The van der Waals surface area contributed by atoms with Crippen LogP contribution in [0.2, 0.25) is 5.02 Å². The number of benzene rings is 2. The molecule has 1 atom stereocenters.